The second-order valence-corrected chi connectivity index (χ2v) is 4.54. The second kappa shape index (κ2) is 6.26. The van der Waals surface area contributed by atoms with E-state index in [2.05, 4.69) is 10.5 Å². The van der Waals surface area contributed by atoms with E-state index in [1.807, 2.05) is 6.92 Å². The summed E-state index contributed by atoms with van der Waals surface area (Å²) in [6, 6.07) is 4.83. The Morgan fingerprint density at radius 1 is 1.61 bits per heavy atom. The molecule has 0 aliphatic carbocycles. The summed E-state index contributed by atoms with van der Waals surface area (Å²) < 4.78 is 0. The molecule has 5 nitrogen and oxygen atoms in total. The maximum Gasteiger partial charge on any atom is 0.251 e. The van der Waals surface area contributed by atoms with E-state index in [1.54, 1.807) is 25.1 Å². The zero-order valence-corrected chi connectivity index (χ0v) is 11.0. The lowest BCUT2D eigenvalue weighted by Crippen LogP contribution is -2.35. The van der Waals surface area contributed by atoms with E-state index in [0.717, 1.165) is 5.56 Å². The van der Waals surface area contributed by atoms with Gasteiger partial charge in [-0.05, 0) is 37.6 Å². The summed E-state index contributed by atoms with van der Waals surface area (Å²) in [5.41, 5.74) is 6.74. The summed E-state index contributed by atoms with van der Waals surface area (Å²) >= 11 is 5.89. The van der Waals surface area contributed by atoms with Gasteiger partial charge < -0.3 is 16.3 Å². The van der Waals surface area contributed by atoms with Gasteiger partial charge in [0.1, 0.15) is 5.84 Å². The zero-order chi connectivity index (χ0) is 13.7. The second-order valence-electron chi connectivity index (χ2n) is 4.13. The lowest BCUT2D eigenvalue weighted by atomic mass is 10.1. The number of benzene rings is 1. The molecule has 1 unspecified atom stereocenters. The van der Waals surface area contributed by atoms with Crippen molar-refractivity contribution in [2.24, 2.45) is 10.9 Å². The topological polar surface area (TPSA) is 87.7 Å². The minimum Gasteiger partial charge on any atom is -0.409 e. The van der Waals surface area contributed by atoms with Crippen LogP contribution in [0.1, 0.15) is 29.3 Å². The Morgan fingerprint density at radius 3 is 2.83 bits per heavy atom. The average molecular weight is 270 g/mol. The van der Waals surface area contributed by atoms with E-state index in [0.29, 0.717) is 10.6 Å². The van der Waals surface area contributed by atoms with E-state index in [9.17, 15) is 4.79 Å². The van der Waals surface area contributed by atoms with Gasteiger partial charge in [0.15, 0.2) is 0 Å². The number of hydrogen-bond acceptors (Lipinski definition) is 3. The molecule has 0 spiro atoms. The van der Waals surface area contributed by atoms with E-state index in [1.165, 1.54) is 0 Å². The van der Waals surface area contributed by atoms with Gasteiger partial charge in [-0.3, -0.25) is 4.79 Å². The van der Waals surface area contributed by atoms with Crippen molar-refractivity contribution in [1.29, 1.82) is 0 Å². The van der Waals surface area contributed by atoms with E-state index >= 15 is 0 Å². The van der Waals surface area contributed by atoms with Gasteiger partial charge >= 0.3 is 0 Å². The number of amides is 1. The van der Waals surface area contributed by atoms with Crippen LogP contribution < -0.4 is 11.1 Å². The number of halogens is 1. The minimum absolute atomic E-state index is 0.0788. The predicted octanol–water partition coefficient (Wildman–Crippen LogP) is 1.90. The summed E-state index contributed by atoms with van der Waals surface area (Å²) in [7, 11) is 0. The quantitative estimate of drug-likeness (QED) is 0.338. The molecule has 0 aliphatic rings. The Hall–Kier alpha value is -1.75. The van der Waals surface area contributed by atoms with Crippen LogP contribution in [0, 0.1) is 6.92 Å². The standard InChI is InChI=1S/C12H16ClN3O2/c1-7-5-9(3-4-10(7)13)12(17)15-8(2)6-11(14)16-18/h3-5,8,18H,6H2,1-2H3,(H2,14,16)(H,15,17). The third-order valence-corrected chi connectivity index (χ3v) is 2.87. The summed E-state index contributed by atoms with van der Waals surface area (Å²) in [4.78, 5) is 11.9. The summed E-state index contributed by atoms with van der Waals surface area (Å²) in [6.07, 6.45) is 0.287. The van der Waals surface area contributed by atoms with Crippen LogP contribution in [0.4, 0.5) is 0 Å². The number of nitrogens with zero attached hydrogens (tertiary/aromatic N) is 1. The van der Waals surface area contributed by atoms with Crippen molar-refractivity contribution in [2.75, 3.05) is 0 Å². The molecule has 18 heavy (non-hydrogen) atoms. The Morgan fingerprint density at radius 2 is 2.28 bits per heavy atom. The number of carbonyl (C=O) groups excluding carboxylic acids is 1. The first-order valence-corrected chi connectivity index (χ1v) is 5.85. The van der Waals surface area contributed by atoms with Crippen molar-refractivity contribution >= 4 is 23.3 Å². The van der Waals surface area contributed by atoms with E-state index in [4.69, 9.17) is 22.5 Å². The van der Waals surface area contributed by atoms with Crippen molar-refractivity contribution in [3.05, 3.63) is 34.3 Å². The molecule has 0 heterocycles. The van der Waals surface area contributed by atoms with Gasteiger partial charge in [-0.1, -0.05) is 16.8 Å². The van der Waals surface area contributed by atoms with Gasteiger partial charge in [-0.2, -0.15) is 0 Å². The van der Waals surface area contributed by atoms with E-state index < -0.39 is 0 Å². The van der Waals surface area contributed by atoms with Gasteiger partial charge in [0.25, 0.3) is 5.91 Å². The number of carbonyl (C=O) groups is 1. The van der Waals surface area contributed by atoms with Crippen LogP contribution in [-0.2, 0) is 0 Å². The molecule has 0 aromatic heterocycles. The van der Waals surface area contributed by atoms with Crippen LogP contribution >= 0.6 is 11.6 Å². The highest BCUT2D eigenvalue weighted by Gasteiger charge is 2.11. The number of hydrogen-bond donors (Lipinski definition) is 3. The number of nitrogens with two attached hydrogens (primary N) is 1. The van der Waals surface area contributed by atoms with Crippen LogP contribution in [-0.4, -0.2) is 23.0 Å². The van der Waals surface area contributed by atoms with Crippen molar-refractivity contribution < 1.29 is 10.0 Å². The third kappa shape index (κ3) is 3.92. The number of rotatable bonds is 4. The molecule has 98 valence electrons. The summed E-state index contributed by atoms with van der Waals surface area (Å²) in [6.45, 7) is 3.61. The molecule has 1 aromatic rings. The van der Waals surface area contributed by atoms with Crippen LogP contribution in [0.5, 0.6) is 0 Å². The van der Waals surface area contributed by atoms with Gasteiger partial charge in [0.05, 0.1) is 0 Å². The minimum atomic E-state index is -0.218. The Kier molecular flexibility index (Phi) is 4.97. The SMILES string of the molecule is Cc1cc(C(=O)NC(C)C/C(N)=N/O)ccc1Cl. The number of nitrogens with one attached hydrogen (secondary N) is 1. The predicted molar refractivity (Wildman–Crippen MR) is 71.1 cm³/mol. The normalized spacial score (nSPS) is 13.2. The molecule has 0 radical (unpaired) electrons. The molecule has 0 fully saturated rings. The molecular formula is C12H16ClN3O2. The molecule has 1 amide bonds. The molecule has 0 saturated carbocycles. The summed E-state index contributed by atoms with van der Waals surface area (Å²) in [5.74, 6) is -0.136. The highest BCUT2D eigenvalue weighted by molar-refractivity contribution is 6.31. The number of aryl methyl sites for hydroxylation is 1. The van der Waals surface area contributed by atoms with Gasteiger partial charge in [-0.25, -0.2) is 0 Å². The van der Waals surface area contributed by atoms with Gasteiger partial charge in [0.2, 0.25) is 0 Å². The highest BCUT2D eigenvalue weighted by atomic mass is 35.5. The molecule has 1 atom stereocenters. The molecular weight excluding hydrogens is 254 g/mol. The number of amidine groups is 1. The third-order valence-electron chi connectivity index (χ3n) is 2.44. The monoisotopic (exact) mass is 269 g/mol. The summed E-state index contributed by atoms with van der Waals surface area (Å²) in [5, 5.41) is 14.7. The number of oxime groups is 1. The molecule has 1 rings (SSSR count). The largest absolute Gasteiger partial charge is 0.409 e. The maximum absolute atomic E-state index is 11.9. The fourth-order valence-electron chi connectivity index (χ4n) is 1.50. The van der Waals surface area contributed by atoms with Crippen molar-refractivity contribution in [3.63, 3.8) is 0 Å². The van der Waals surface area contributed by atoms with Crippen molar-refractivity contribution in [1.82, 2.24) is 5.32 Å². The lowest BCUT2D eigenvalue weighted by molar-refractivity contribution is 0.0941. The molecule has 0 saturated heterocycles. The first-order chi connectivity index (χ1) is 8.43. The van der Waals surface area contributed by atoms with Gasteiger partial charge in [0, 0.05) is 23.0 Å². The Labute approximate surface area is 111 Å². The van der Waals surface area contributed by atoms with Crippen LogP contribution in [0.25, 0.3) is 0 Å². The van der Waals surface area contributed by atoms with Gasteiger partial charge in [-0.15, -0.1) is 0 Å². The molecule has 6 heteroatoms. The smallest absolute Gasteiger partial charge is 0.251 e. The average Bonchev–Trinajstić information content (AvgIpc) is 2.32. The molecule has 4 N–H and O–H groups in total. The fourth-order valence-corrected chi connectivity index (χ4v) is 1.62. The van der Waals surface area contributed by atoms with Crippen molar-refractivity contribution in [2.45, 2.75) is 26.3 Å². The fraction of sp³-hybridized carbons (Fsp3) is 0.333. The molecule has 1 aromatic carbocycles. The Balaban J connectivity index is 2.67. The lowest BCUT2D eigenvalue weighted by Gasteiger charge is -2.13. The first-order valence-electron chi connectivity index (χ1n) is 5.47. The van der Waals surface area contributed by atoms with Crippen LogP contribution in [0.2, 0.25) is 5.02 Å². The maximum atomic E-state index is 11.9. The van der Waals surface area contributed by atoms with E-state index in [-0.39, 0.29) is 24.2 Å². The zero-order valence-electron chi connectivity index (χ0n) is 10.3. The molecule has 0 bridgehead atoms. The van der Waals surface area contributed by atoms with Crippen molar-refractivity contribution in [3.8, 4) is 0 Å². The first kappa shape index (κ1) is 14.3. The Bertz CT molecular complexity index is 474. The van der Waals surface area contributed by atoms with Crippen LogP contribution in [0.3, 0.4) is 0 Å². The highest BCUT2D eigenvalue weighted by Crippen LogP contribution is 2.16. The van der Waals surface area contributed by atoms with Crippen LogP contribution in [0.15, 0.2) is 23.4 Å². The molecule has 0 aliphatic heterocycles.